The predicted molar refractivity (Wildman–Crippen MR) is 110 cm³/mol. The minimum absolute atomic E-state index is 0.0387. The summed E-state index contributed by atoms with van der Waals surface area (Å²) >= 11 is 0. The number of nitrogens with one attached hydrogen (secondary N) is 1. The minimum Gasteiger partial charge on any atom is -0.339 e. The van der Waals surface area contributed by atoms with E-state index >= 15 is 0 Å². The third-order valence-electron chi connectivity index (χ3n) is 4.47. The van der Waals surface area contributed by atoms with Crippen LogP contribution in [0.3, 0.4) is 0 Å². The molecule has 0 heterocycles. The second kappa shape index (κ2) is 8.13. The molecule has 2 rings (SSSR count). The third kappa shape index (κ3) is 5.10. The standard InChI is InChI=1S/C21H28N2O3S/c1-6-23(7-2)20(24)16-8-12-18(13-9-16)22-27(25,26)19-14-10-17(11-15-19)21(3,4)5/h8-15,22H,6-7H2,1-5H3. The zero-order valence-electron chi connectivity index (χ0n) is 16.6. The number of nitrogens with zero attached hydrogens (tertiary/aromatic N) is 1. The van der Waals surface area contributed by atoms with Crippen LogP contribution in [0.25, 0.3) is 0 Å². The van der Waals surface area contributed by atoms with E-state index in [1.165, 1.54) is 0 Å². The molecule has 0 aliphatic rings. The molecule has 0 saturated carbocycles. The van der Waals surface area contributed by atoms with E-state index in [9.17, 15) is 13.2 Å². The van der Waals surface area contributed by atoms with E-state index in [2.05, 4.69) is 25.5 Å². The fourth-order valence-corrected chi connectivity index (χ4v) is 3.78. The van der Waals surface area contributed by atoms with Gasteiger partial charge in [-0.2, -0.15) is 0 Å². The molecule has 6 heteroatoms. The van der Waals surface area contributed by atoms with Gasteiger partial charge in [0.2, 0.25) is 0 Å². The second-order valence-corrected chi connectivity index (χ2v) is 9.12. The van der Waals surface area contributed by atoms with Gasteiger partial charge in [0.1, 0.15) is 0 Å². The topological polar surface area (TPSA) is 66.5 Å². The Balaban J connectivity index is 2.17. The van der Waals surface area contributed by atoms with E-state index in [1.807, 2.05) is 26.0 Å². The number of amides is 1. The van der Waals surface area contributed by atoms with Crippen LogP contribution < -0.4 is 4.72 Å². The molecule has 0 aliphatic carbocycles. The van der Waals surface area contributed by atoms with Crippen molar-refractivity contribution in [1.29, 1.82) is 0 Å². The van der Waals surface area contributed by atoms with Gasteiger partial charge in [0.05, 0.1) is 4.90 Å². The Morgan fingerprint density at radius 1 is 0.926 bits per heavy atom. The molecule has 0 atom stereocenters. The number of anilines is 1. The Morgan fingerprint density at radius 2 is 1.44 bits per heavy atom. The zero-order chi connectivity index (χ0) is 20.2. The fourth-order valence-electron chi connectivity index (χ4n) is 2.72. The monoisotopic (exact) mass is 388 g/mol. The van der Waals surface area contributed by atoms with Crippen LogP contribution in [-0.2, 0) is 15.4 Å². The van der Waals surface area contributed by atoms with E-state index in [4.69, 9.17) is 0 Å². The Bertz CT molecular complexity index is 877. The van der Waals surface area contributed by atoms with E-state index in [0.717, 1.165) is 5.56 Å². The molecule has 27 heavy (non-hydrogen) atoms. The van der Waals surface area contributed by atoms with Gasteiger partial charge >= 0.3 is 0 Å². The molecular formula is C21H28N2O3S. The third-order valence-corrected chi connectivity index (χ3v) is 5.86. The zero-order valence-corrected chi connectivity index (χ0v) is 17.4. The van der Waals surface area contributed by atoms with E-state index in [1.54, 1.807) is 41.3 Å². The lowest BCUT2D eigenvalue weighted by molar-refractivity contribution is 0.0773. The molecule has 0 aliphatic heterocycles. The van der Waals surface area contributed by atoms with Crippen molar-refractivity contribution >= 4 is 21.6 Å². The maximum absolute atomic E-state index is 12.6. The van der Waals surface area contributed by atoms with Crippen LogP contribution in [0.1, 0.15) is 50.5 Å². The lowest BCUT2D eigenvalue weighted by atomic mass is 9.87. The molecule has 0 bridgehead atoms. The van der Waals surface area contributed by atoms with Gasteiger partial charge < -0.3 is 4.90 Å². The maximum atomic E-state index is 12.6. The van der Waals surface area contributed by atoms with Crippen molar-refractivity contribution in [3.63, 3.8) is 0 Å². The van der Waals surface area contributed by atoms with E-state index < -0.39 is 10.0 Å². The first-order chi connectivity index (χ1) is 12.6. The predicted octanol–water partition coefficient (Wildman–Crippen LogP) is 4.27. The van der Waals surface area contributed by atoms with Gasteiger partial charge in [0, 0.05) is 24.3 Å². The van der Waals surface area contributed by atoms with Crippen LogP contribution in [0.4, 0.5) is 5.69 Å². The first-order valence-electron chi connectivity index (χ1n) is 9.11. The summed E-state index contributed by atoms with van der Waals surface area (Å²) in [6, 6.07) is 13.4. The number of hydrogen-bond acceptors (Lipinski definition) is 3. The first-order valence-corrected chi connectivity index (χ1v) is 10.6. The van der Waals surface area contributed by atoms with Gasteiger partial charge in [-0.05, 0) is 61.2 Å². The first kappa shape index (κ1) is 21.0. The van der Waals surface area contributed by atoms with E-state index in [-0.39, 0.29) is 16.2 Å². The van der Waals surface area contributed by atoms with Crippen LogP contribution in [-0.4, -0.2) is 32.3 Å². The quantitative estimate of drug-likeness (QED) is 0.804. The Hall–Kier alpha value is -2.34. The lowest BCUT2D eigenvalue weighted by Crippen LogP contribution is -2.30. The van der Waals surface area contributed by atoms with Crippen LogP contribution in [0.15, 0.2) is 53.4 Å². The molecule has 0 aromatic heterocycles. The molecule has 0 radical (unpaired) electrons. The van der Waals surface area contributed by atoms with Crippen molar-refractivity contribution in [1.82, 2.24) is 4.90 Å². The molecule has 2 aromatic rings. The van der Waals surface area contributed by atoms with Crippen molar-refractivity contribution in [2.24, 2.45) is 0 Å². The van der Waals surface area contributed by atoms with Gasteiger partial charge in [-0.15, -0.1) is 0 Å². The Kier molecular flexibility index (Phi) is 6.31. The molecule has 0 spiro atoms. The Labute approximate surface area is 162 Å². The van der Waals surface area contributed by atoms with Crippen LogP contribution in [0.2, 0.25) is 0 Å². The summed E-state index contributed by atoms with van der Waals surface area (Å²) in [5.74, 6) is -0.0628. The maximum Gasteiger partial charge on any atom is 0.261 e. The smallest absolute Gasteiger partial charge is 0.261 e. The highest BCUT2D eigenvalue weighted by atomic mass is 32.2. The number of hydrogen-bond donors (Lipinski definition) is 1. The van der Waals surface area contributed by atoms with Crippen LogP contribution in [0.5, 0.6) is 0 Å². The average Bonchev–Trinajstić information content (AvgIpc) is 2.62. The molecule has 1 amide bonds. The average molecular weight is 389 g/mol. The SMILES string of the molecule is CCN(CC)C(=O)c1ccc(NS(=O)(=O)c2ccc(C(C)(C)C)cc2)cc1. The molecular weight excluding hydrogens is 360 g/mol. The highest BCUT2D eigenvalue weighted by Crippen LogP contribution is 2.24. The molecule has 1 N–H and O–H groups in total. The number of rotatable bonds is 6. The van der Waals surface area contributed by atoms with Crippen molar-refractivity contribution < 1.29 is 13.2 Å². The molecule has 146 valence electrons. The second-order valence-electron chi connectivity index (χ2n) is 7.43. The summed E-state index contributed by atoms with van der Waals surface area (Å²) in [6.07, 6.45) is 0. The van der Waals surface area contributed by atoms with Gasteiger partial charge in [-0.25, -0.2) is 8.42 Å². The van der Waals surface area contributed by atoms with Crippen molar-refractivity contribution in [2.45, 2.75) is 44.9 Å². The van der Waals surface area contributed by atoms with Gasteiger partial charge in [-0.1, -0.05) is 32.9 Å². The van der Waals surface area contributed by atoms with Crippen LogP contribution >= 0.6 is 0 Å². The number of carbonyl (C=O) groups is 1. The molecule has 5 nitrogen and oxygen atoms in total. The number of sulfonamides is 1. The van der Waals surface area contributed by atoms with Gasteiger partial charge in [-0.3, -0.25) is 9.52 Å². The largest absolute Gasteiger partial charge is 0.339 e. The summed E-state index contributed by atoms with van der Waals surface area (Å²) in [7, 11) is -3.68. The summed E-state index contributed by atoms with van der Waals surface area (Å²) in [5.41, 5.74) is 1.99. The highest BCUT2D eigenvalue weighted by Gasteiger charge is 2.18. The van der Waals surface area contributed by atoms with Gasteiger partial charge in [0.25, 0.3) is 15.9 Å². The van der Waals surface area contributed by atoms with Crippen molar-refractivity contribution in [3.05, 3.63) is 59.7 Å². The van der Waals surface area contributed by atoms with E-state index in [0.29, 0.717) is 24.3 Å². The molecule has 2 aromatic carbocycles. The highest BCUT2D eigenvalue weighted by molar-refractivity contribution is 7.92. The van der Waals surface area contributed by atoms with Crippen LogP contribution in [0, 0.1) is 0 Å². The number of carbonyl (C=O) groups excluding carboxylic acids is 1. The Morgan fingerprint density at radius 3 is 1.89 bits per heavy atom. The summed E-state index contributed by atoms with van der Waals surface area (Å²) in [4.78, 5) is 14.3. The molecule has 0 unspecified atom stereocenters. The molecule has 0 fully saturated rings. The molecule has 0 saturated heterocycles. The number of benzene rings is 2. The minimum atomic E-state index is -3.68. The normalized spacial score (nSPS) is 11.9. The van der Waals surface area contributed by atoms with Gasteiger partial charge in [0.15, 0.2) is 0 Å². The fraction of sp³-hybridized carbons (Fsp3) is 0.381. The lowest BCUT2D eigenvalue weighted by Gasteiger charge is -2.19. The summed E-state index contributed by atoms with van der Waals surface area (Å²) in [6.45, 7) is 11.4. The summed E-state index contributed by atoms with van der Waals surface area (Å²) in [5, 5.41) is 0. The van der Waals surface area contributed by atoms with Crippen molar-refractivity contribution in [2.75, 3.05) is 17.8 Å². The summed E-state index contributed by atoms with van der Waals surface area (Å²) < 4.78 is 27.8. The van der Waals surface area contributed by atoms with Crippen molar-refractivity contribution in [3.8, 4) is 0 Å².